The SMILES string of the molecule is CCc1nc(-c2ccc(Cl)cc2Cl)c(C2CC2)nc1N[C@@H]1c2ccccc2C[C@@H]1O. The van der Waals surface area contributed by atoms with E-state index in [4.69, 9.17) is 33.2 Å². The molecule has 4 nitrogen and oxygen atoms in total. The van der Waals surface area contributed by atoms with Crippen molar-refractivity contribution >= 4 is 29.0 Å². The van der Waals surface area contributed by atoms with E-state index in [9.17, 15) is 5.11 Å². The fourth-order valence-electron chi connectivity index (χ4n) is 4.26. The molecular weight excluding hydrogens is 417 g/mol. The van der Waals surface area contributed by atoms with Crippen molar-refractivity contribution in [1.82, 2.24) is 9.97 Å². The lowest BCUT2D eigenvalue weighted by Crippen LogP contribution is -2.23. The van der Waals surface area contributed by atoms with Crippen LogP contribution in [-0.4, -0.2) is 21.2 Å². The van der Waals surface area contributed by atoms with Gasteiger partial charge < -0.3 is 10.4 Å². The molecule has 1 fully saturated rings. The average Bonchev–Trinajstić information content (AvgIpc) is 3.53. The number of hydrogen-bond donors (Lipinski definition) is 2. The number of aryl methyl sites for hydroxylation is 1. The molecular formula is C24H23Cl2N3O. The van der Waals surface area contributed by atoms with Crippen LogP contribution >= 0.6 is 23.2 Å². The molecule has 6 heteroatoms. The molecule has 2 aromatic carbocycles. The van der Waals surface area contributed by atoms with E-state index in [1.54, 1.807) is 6.07 Å². The van der Waals surface area contributed by atoms with Gasteiger partial charge in [0.15, 0.2) is 0 Å². The normalized spacial score (nSPS) is 20.3. The lowest BCUT2D eigenvalue weighted by atomic mass is 10.1. The Balaban J connectivity index is 1.58. The van der Waals surface area contributed by atoms with Crippen molar-refractivity contribution < 1.29 is 5.11 Å². The maximum Gasteiger partial charge on any atom is 0.148 e. The predicted molar refractivity (Wildman–Crippen MR) is 121 cm³/mol. The highest BCUT2D eigenvalue weighted by atomic mass is 35.5. The fourth-order valence-corrected chi connectivity index (χ4v) is 4.76. The van der Waals surface area contributed by atoms with Crippen LogP contribution < -0.4 is 5.32 Å². The van der Waals surface area contributed by atoms with E-state index in [2.05, 4.69) is 24.4 Å². The molecule has 0 unspecified atom stereocenters. The van der Waals surface area contributed by atoms with Gasteiger partial charge in [0, 0.05) is 22.9 Å². The standard InChI is InChI=1S/C24H23Cl2N3O/c1-2-19-24(29-22-16-6-4-3-5-14(16)11-20(22)30)28-21(13-7-8-13)23(27-19)17-10-9-15(25)12-18(17)26/h3-6,9-10,12-13,20,22,30H,2,7-8,11H2,1H3,(H,28,29)/t20-,22+/m0/s1. The Hall–Kier alpha value is -2.14. The van der Waals surface area contributed by atoms with Crippen molar-refractivity contribution in [2.45, 2.75) is 50.7 Å². The van der Waals surface area contributed by atoms with Gasteiger partial charge in [0.05, 0.1) is 34.3 Å². The first-order chi connectivity index (χ1) is 14.5. The summed E-state index contributed by atoms with van der Waals surface area (Å²) in [5.74, 6) is 1.15. The molecule has 0 aliphatic heterocycles. The fraction of sp³-hybridized carbons (Fsp3) is 0.333. The zero-order valence-electron chi connectivity index (χ0n) is 16.7. The zero-order valence-corrected chi connectivity index (χ0v) is 18.2. The van der Waals surface area contributed by atoms with Crippen LogP contribution in [0.3, 0.4) is 0 Å². The number of rotatable bonds is 5. The minimum Gasteiger partial charge on any atom is -0.390 e. The Morgan fingerprint density at radius 2 is 1.90 bits per heavy atom. The van der Waals surface area contributed by atoms with Gasteiger partial charge in [-0.2, -0.15) is 0 Å². The highest BCUT2D eigenvalue weighted by Crippen LogP contribution is 2.45. The highest BCUT2D eigenvalue weighted by Gasteiger charge is 2.34. The van der Waals surface area contributed by atoms with Crippen molar-refractivity contribution in [2.24, 2.45) is 0 Å². The smallest absolute Gasteiger partial charge is 0.148 e. The van der Waals surface area contributed by atoms with Crippen LogP contribution in [0.25, 0.3) is 11.3 Å². The van der Waals surface area contributed by atoms with Crippen molar-refractivity contribution in [3.8, 4) is 11.3 Å². The second kappa shape index (κ2) is 7.84. The molecule has 0 spiro atoms. The van der Waals surface area contributed by atoms with Crippen LogP contribution in [0, 0.1) is 0 Å². The Kier molecular flexibility index (Phi) is 5.18. The van der Waals surface area contributed by atoms with Crippen molar-refractivity contribution in [2.75, 3.05) is 5.32 Å². The summed E-state index contributed by atoms with van der Waals surface area (Å²) in [6.45, 7) is 2.07. The van der Waals surface area contributed by atoms with Gasteiger partial charge in [-0.05, 0) is 48.6 Å². The monoisotopic (exact) mass is 439 g/mol. The average molecular weight is 440 g/mol. The molecule has 0 bridgehead atoms. The first-order valence-electron chi connectivity index (χ1n) is 10.4. The zero-order chi connectivity index (χ0) is 20.8. The molecule has 5 rings (SSSR count). The third-order valence-corrected chi connectivity index (χ3v) is 6.52. The van der Waals surface area contributed by atoms with E-state index in [1.807, 2.05) is 24.3 Å². The number of nitrogens with one attached hydrogen (secondary N) is 1. The van der Waals surface area contributed by atoms with Crippen molar-refractivity contribution in [3.05, 3.63) is 75.0 Å². The van der Waals surface area contributed by atoms with E-state index in [0.717, 1.165) is 53.3 Å². The summed E-state index contributed by atoms with van der Waals surface area (Å²) in [7, 11) is 0. The first-order valence-corrected chi connectivity index (χ1v) is 11.2. The molecule has 2 N–H and O–H groups in total. The number of aromatic nitrogens is 2. The van der Waals surface area contributed by atoms with Gasteiger partial charge in [-0.3, -0.25) is 0 Å². The molecule has 2 atom stereocenters. The Morgan fingerprint density at radius 3 is 2.63 bits per heavy atom. The molecule has 2 aliphatic rings. The number of fused-ring (bicyclic) bond motifs is 1. The van der Waals surface area contributed by atoms with Gasteiger partial charge in [-0.1, -0.05) is 54.4 Å². The number of hydrogen-bond acceptors (Lipinski definition) is 4. The third-order valence-electron chi connectivity index (χ3n) is 5.98. The maximum atomic E-state index is 10.7. The van der Waals surface area contributed by atoms with Crippen molar-refractivity contribution in [1.29, 1.82) is 0 Å². The quantitative estimate of drug-likeness (QED) is 0.514. The third kappa shape index (κ3) is 3.58. The molecule has 0 amide bonds. The number of halogens is 2. The van der Waals surface area contributed by atoms with Gasteiger partial charge in [0.1, 0.15) is 5.82 Å². The summed E-state index contributed by atoms with van der Waals surface area (Å²) in [6.07, 6.45) is 3.10. The van der Waals surface area contributed by atoms with Crippen LogP contribution in [0.5, 0.6) is 0 Å². The van der Waals surface area contributed by atoms with Gasteiger partial charge in [0.2, 0.25) is 0 Å². The topological polar surface area (TPSA) is 58.0 Å². The predicted octanol–water partition coefficient (Wildman–Crippen LogP) is 5.96. The van der Waals surface area contributed by atoms with Gasteiger partial charge >= 0.3 is 0 Å². The number of benzene rings is 2. The lowest BCUT2D eigenvalue weighted by molar-refractivity contribution is 0.165. The lowest BCUT2D eigenvalue weighted by Gasteiger charge is -2.22. The number of aliphatic hydroxyl groups is 1. The number of anilines is 1. The van der Waals surface area contributed by atoms with E-state index < -0.39 is 6.10 Å². The second-order valence-corrected chi connectivity index (χ2v) is 8.94. The number of nitrogens with zero attached hydrogens (tertiary/aromatic N) is 2. The Bertz CT molecular complexity index is 1110. The Morgan fingerprint density at radius 1 is 1.10 bits per heavy atom. The first kappa shape index (κ1) is 19.8. The van der Waals surface area contributed by atoms with Crippen LogP contribution in [0.15, 0.2) is 42.5 Å². The van der Waals surface area contributed by atoms with Crippen LogP contribution in [0.4, 0.5) is 5.82 Å². The number of aliphatic hydroxyl groups excluding tert-OH is 1. The summed E-state index contributed by atoms with van der Waals surface area (Å²) in [5.41, 5.74) is 5.86. The van der Waals surface area contributed by atoms with Gasteiger partial charge in [-0.15, -0.1) is 0 Å². The summed E-state index contributed by atoms with van der Waals surface area (Å²) in [4.78, 5) is 10.0. The van der Waals surface area contributed by atoms with Gasteiger partial charge in [0.25, 0.3) is 0 Å². The van der Waals surface area contributed by atoms with Gasteiger partial charge in [-0.25, -0.2) is 9.97 Å². The van der Waals surface area contributed by atoms with Crippen LogP contribution in [-0.2, 0) is 12.8 Å². The van der Waals surface area contributed by atoms with Crippen LogP contribution in [0.1, 0.15) is 54.2 Å². The van der Waals surface area contributed by atoms with E-state index in [-0.39, 0.29) is 6.04 Å². The summed E-state index contributed by atoms with van der Waals surface area (Å²) < 4.78 is 0. The molecule has 1 aromatic heterocycles. The second-order valence-electron chi connectivity index (χ2n) is 8.10. The largest absolute Gasteiger partial charge is 0.390 e. The minimum atomic E-state index is -0.483. The molecule has 1 heterocycles. The maximum absolute atomic E-state index is 10.7. The van der Waals surface area contributed by atoms with Crippen molar-refractivity contribution in [3.63, 3.8) is 0 Å². The van der Waals surface area contributed by atoms with E-state index in [1.165, 1.54) is 5.56 Å². The molecule has 2 aliphatic carbocycles. The highest BCUT2D eigenvalue weighted by molar-refractivity contribution is 6.36. The molecule has 154 valence electrons. The molecule has 0 radical (unpaired) electrons. The summed E-state index contributed by atoms with van der Waals surface area (Å²) in [5, 5.41) is 15.4. The Labute approximate surface area is 186 Å². The summed E-state index contributed by atoms with van der Waals surface area (Å²) >= 11 is 12.6. The molecule has 30 heavy (non-hydrogen) atoms. The van der Waals surface area contributed by atoms with E-state index >= 15 is 0 Å². The molecule has 3 aromatic rings. The van der Waals surface area contributed by atoms with E-state index in [0.29, 0.717) is 22.4 Å². The molecule has 0 saturated heterocycles. The molecule has 1 saturated carbocycles. The van der Waals surface area contributed by atoms with Crippen LogP contribution in [0.2, 0.25) is 10.0 Å². The minimum absolute atomic E-state index is 0.183. The summed E-state index contributed by atoms with van der Waals surface area (Å²) in [6, 6.07) is 13.5.